The highest BCUT2D eigenvalue weighted by molar-refractivity contribution is 7.98. The van der Waals surface area contributed by atoms with E-state index in [1.807, 2.05) is 18.4 Å². The number of amides is 1. The molecule has 0 aliphatic heterocycles. The number of carbonyl (C=O) groups excluding carboxylic acids is 1. The molecule has 1 amide bonds. The number of hydrogen-bond acceptors (Lipinski definition) is 5. The summed E-state index contributed by atoms with van der Waals surface area (Å²) in [7, 11) is 0. The molecule has 3 aromatic rings. The van der Waals surface area contributed by atoms with E-state index in [2.05, 4.69) is 23.6 Å². The molecular weight excluding hydrogens is 332 g/mol. The first kappa shape index (κ1) is 15.5. The number of para-hydroxylation sites is 1. The zero-order valence-electron chi connectivity index (χ0n) is 12.4. The van der Waals surface area contributed by atoms with Gasteiger partial charge in [0.15, 0.2) is 5.13 Å². The topological polar surface area (TPSA) is 33.2 Å². The molecule has 22 heavy (non-hydrogen) atoms. The standard InChI is InChI=1S/C16H16N2OS3/c1-11(19)18(9-8-12-5-4-10-21-12)16-17-15-13(20-2)6-3-7-14(15)22-16/h3-7,10H,8-9H2,1-2H3. The fraction of sp³-hybridized carbons (Fsp3) is 0.250. The normalized spacial score (nSPS) is 11.0. The first-order chi connectivity index (χ1) is 10.7. The highest BCUT2D eigenvalue weighted by Crippen LogP contribution is 2.34. The zero-order chi connectivity index (χ0) is 15.5. The molecule has 0 spiro atoms. The second kappa shape index (κ2) is 6.81. The number of nitrogens with zero attached hydrogens (tertiary/aromatic N) is 2. The van der Waals surface area contributed by atoms with Gasteiger partial charge < -0.3 is 0 Å². The van der Waals surface area contributed by atoms with Crippen LogP contribution in [0.25, 0.3) is 10.2 Å². The summed E-state index contributed by atoms with van der Waals surface area (Å²) < 4.78 is 1.13. The van der Waals surface area contributed by atoms with Gasteiger partial charge in [-0.2, -0.15) is 0 Å². The van der Waals surface area contributed by atoms with Gasteiger partial charge in [0, 0.05) is 23.2 Å². The number of benzene rings is 1. The fourth-order valence-electron chi connectivity index (χ4n) is 2.26. The maximum Gasteiger partial charge on any atom is 0.225 e. The Morgan fingerprint density at radius 2 is 2.18 bits per heavy atom. The third-order valence-corrected chi connectivity index (χ3v) is 6.11. The Morgan fingerprint density at radius 3 is 2.86 bits per heavy atom. The van der Waals surface area contributed by atoms with Crippen LogP contribution in [0.2, 0.25) is 0 Å². The summed E-state index contributed by atoms with van der Waals surface area (Å²) in [5.74, 6) is 0.0429. The lowest BCUT2D eigenvalue weighted by molar-refractivity contribution is -0.116. The van der Waals surface area contributed by atoms with Gasteiger partial charge in [-0.25, -0.2) is 4.98 Å². The van der Waals surface area contributed by atoms with E-state index in [0.29, 0.717) is 6.54 Å². The number of thioether (sulfide) groups is 1. The minimum Gasteiger partial charge on any atom is -0.288 e. The van der Waals surface area contributed by atoms with Gasteiger partial charge in [-0.05, 0) is 36.3 Å². The first-order valence-electron chi connectivity index (χ1n) is 6.93. The van der Waals surface area contributed by atoms with Crippen molar-refractivity contribution in [2.24, 2.45) is 0 Å². The number of carbonyl (C=O) groups is 1. The van der Waals surface area contributed by atoms with Gasteiger partial charge in [0.05, 0.1) is 10.2 Å². The van der Waals surface area contributed by atoms with Gasteiger partial charge in [-0.1, -0.05) is 23.5 Å². The Hall–Kier alpha value is -1.37. The van der Waals surface area contributed by atoms with E-state index < -0.39 is 0 Å². The van der Waals surface area contributed by atoms with Crippen molar-refractivity contribution in [2.75, 3.05) is 17.7 Å². The predicted octanol–water partition coefficient (Wildman–Crippen LogP) is 4.68. The molecule has 2 aromatic heterocycles. The molecule has 6 heteroatoms. The summed E-state index contributed by atoms with van der Waals surface area (Å²) in [6.07, 6.45) is 2.91. The monoisotopic (exact) mass is 348 g/mol. The van der Waals surface area contributed by atoms with Gasteiger partial charge in [-0.3, -0.25) is 9.69 Å². The summed E-state index contributed by atoms with van der Waals surface area (Å²) in [5.41, 5.74) is 0.998. The molecule has 0 bridgehead atoms. The van der Waals surface area contributed by atoms with Crippen LogP contribution in [0.1, 0.15) is 11.8 Å². The van der Waals surface area contributed by atoms with E-state index in [1.54, 1.807) is 46.3 Å². The minimum atomic E-state index is 0.0429. The maximum absolute atomic E-state index is 12.0. The van der Waals surface area contributed by atoms with Crippen molar-refractivity contribution < 1.29 is 4.79 Å². The van der Waals surface area contributed by atoms with Crippen molar-refractivity contribution in [3.63, 3.8) is 0 Å². The van der Waals surface area contributed by atoms with E-state index in [-0.39, 0.29) is 5.91 Å². The molecule has 0 unspecified atom stereocenters. The molecule has 0 N–H and O–H groups in total. The van der Waals surface area contributed by atoms with Crippen molar-refractivity contribution in [3.8, 4) is 0 Å². The first-order valence-corrected chi connectivity index (χ1v) is 9.85. The SMILES string of the molecule is CSc1cccc2sc(N(CCc3cccs3)C(C)=O)nc12. The number of rotatable bonds is 5. The largest absolute Gasteiger partial charge is 0.288 e. The van der Waals surface area contributed by atoms with Crippen LogP contribution in [-0.2, 0) is 11.2 Å². The molecule has 1 aromatic carbocycles. The van der Waals surface area contributed by atoms with E-state index in [0.717, 1.165) is 26.7 Å². The van der Waals surface area contributed by atoms with Crippen LogP contribution in [0.5, 0.6) is 0 Å². The van der Waals surface area contributed by atoms with Crippen LogP contribution in [0.15, 0.2) is 40.6 Å². The Bertz CT molecular complexity index is 780. The third-order valence-electron chi connectivity index (χ3n) is 3.36. The molecule has 114 valence electrons. The third kappa shape index (κ3) is 3.19. The van der Waals surface area contributed by atoms with Gasteiger partial charge in [0.2, 0.25) is 5.91 Å². The highest BCUT2D eigenvalue weighted by Gasteiger charge is 2.17. The van der Waals surface area contributed by atoms with Crippen LogP contribution < -0.4 is 4.90 Å². The second-order valence-electron chi connectivity index (χ2n) is 4.80. The number of thiazole rings is 1. The lowest BCUT2D eigenvalue weighted by atomic mass is 10.3. The summed E-state index contributed by atoms with van der Waals surface area (Å²) >= 11 is 4.99. The van der Waals surface area contributed by atoms with Crippen molar-refractivity contribution in [3.05, 3.63) is 40.6 Å². The van der Waals surface area contributed by atoms with E-state index in [1.165, 1.54) is 4.88 Å². The Morgan fingerprint density at radius 1 is 1.32 bits per heavy atom. The molecule has 3 rings (SSSR count). The predicted molar refractivity (Wildman–Crippen MR) is 97.5 cm³/mol. The lowest BCUT2D eigenvalue weighted by Gasteiger charge is -2.17. The summed E-state index contributed by atoms with van der Waals surface area (Å²) in [5, 5.41) is 2.86. The van der Waals surface area contributed by atoms with Crippen LogP contribution >= 0.6 is 34.4 Å². The Labute approximate surface area is 142 Å². The number of hydrogen-bond donors (Lipinski definition) is 0. The van der Waals surface area contributed by atoms with Crippen molar-refractivity contribution in [1.82, 2.24) is 4.98 Å². The van der Waals surface area contributed by atoms with Crippen LogP contribution in [0.4, 0.5) is 5.13 Å². The average molecular weight is 349 g/mol. The highest BCUT2D eigenvalue weighted by atomic mass is 32.2. The van der Waals surface area contributed by atoms with Crippen LogP contribution in [0.3, 0.4) is 0 Å². The number of anilines is 1. The van der Waals surface area contributed by atoms with Crippen LogP contribution in [-0.4, -0.2) is 23.7 Å². The summed E-state index contributed by atoms with van der Waals surface area (Å²) in [6.45, 7) is 2.28. The Kier molecular flexibility index (Phi) is 4.81. The van der Waals surface area contributed by atoms with E-state index >= 15 is 0 Å². The van der Waals surface area contributed by atoms with E-state index in [9.17, 15) is 4.79 Å². The molecule has 0 atom stereocenters. The van der Waals surface area contributed by atoms with E-state index in [4.69, 9.17) is 4.98 Å². The molecule has 2 heterocycles. The summed E-state index contributed by atoms with van der Waals surface area (Å²) in [6, 6.07) is 10.3. The molecule has 0 fully saturated rings. The van der Waals surface area contributed by atoms with Crippen molar-refractivity contribution >= 4 is 55.7 Å². The van der Waals surface area contributed by atoms with Gasteiger partial charge in [-0.15, -0.1) is 23.1 Å². The van der Waals surface area contributed by atoms with Crippen molar-refractivity contribution in [2.45, 2.75) is 18.2 Å². The van der Waals surface area contributed by atoms with Gasteiger partial charge in [0.1, 0.15) is 0 Å². The fourth-order valence-corrected chi connectivity index (χ4v) is 4.65. The molecule has 0 saturated heterocycles. The number of aromatic nitrogens is 1. The smallest absolute Gasteiger partial charge is 0.225 e. The minimum absolute atomic E-state index is 0.0429. The zero-order valence-corrected chi connectivity index (χ0v) is 14.9. The molecular formula is C16H16N2OS3. The maximum atomic E-state index is 12.0. The molecule has 0 saturated carbocycles. The molecule has 0 radical (unpaired) electrons. The second-order valence-corrected chi connectivity index (χ2v) is 7.69. The van der Waals surface area contributed by atoms with Crippen molar-refractivity contribution in [1.29, 1.82) is 0 Å². The lowest BCUT2D eigenvalue weighted by Crippen LogP contribution is -2.30. The Balaban J connectivity index is 1.89. The average Bonchev–Trinajstić information content (AvgIpc) is 3.15. The molecule has 0 aliphatic carbocycles. The van der Waals surface area contributed by atoms with Gasteiger partial charge in [0.25, 0.3) is 0 Å². The summed E-state index contributed by atoms with van der Waals surface area (Å²) in [4.78, 5) is 21.0. The number of fused-ring (bicyclic) bond motifs is 1. The van der Waals surface area contributed by atoms with Gasteiger partial charge >= 0.3 is 0 Å². The molecule has 3 nitrogen and oxygen atoms in total. The quantitative estimate of drug-likeness (QED) is 0.628. The van der Waals surface area contributed by atoms with Crippen LogP contribution in [0, 0.1) is 0 Å². The molecule has 0 aliphatic rings. The number of thiophene rings is 1.